The molecule has 5 heterocycles. The summed E-state index contributed by atoms with van der Waals surface area (Å²) >= 11 is 0. The smallest absolute Gasteiger partial charge is 0.233 e. The summed E-state index contributed by atoms with van der Waals surface area (Å²) in [5, 5.41) is 8.12. The van der Waals surface area contributed by atoms with Gasteiger partial charge in [0.05, 0.1) is 24.9 Å². The highest BCUT2D eigenvalue weighted by Gasteiger charge is 2.40. The van der Waals surface area contributed by atoms with Crippen molar-refractivity contribution in [3.8, 4) is 5.75 Å². The van der Waals surface area contributed by atoms with E-state index in [0.29, 0.717) is 0 Å². The molecule has 3 aliphatic rings. The van der Waals surface area contributed by atoms with Crippen LogP contribution in [-0.2, 0) is 24.1 Å². The van der Waals surface area contributed by atoms with Crippen LogP contribution in [0, 0.1) is 12.8 Å². The molecule has 1 aromatic carbocycles. The molecule has 1 fully saturated rings. The summed E-state index contributed by atoms with van der Waals surface area (Å²) in [5.41, 5.74) is 6.67. The van der Waals surface area contributed by atoms with E-state index in [1.165, 1.54) is 16.8 Å². The van der Waals surface area contributed by atoms with Gasteiger partial charge in [-0.15, -0.1) is 0 Å². The molecular formula is C24H28N6O2. The first-order valence-electron chi connectivity index (χ1n) is 11.4. The number of aromatic nitrogens is 3. The second-order valence-corrected chi connectivity index (χ2v) is 9.01. The predicted octanol–water partition coefficient (Wildman–Crippen LogP) is 1.76. The van der Waals surface area contributed by atoms with Gasteiger partial charge in [0, 0.05) is 49.4 Å². The maximum atomic E-state index is 13.4. The molecule has 1 amide bonds. The summed E-state index contributed by atoms with van der Waals surface area (Å²) in [5.74, 6) is 2.19. The van der Waals surface area contributed by atoms with E-state index in [2.05, 4.69) is 22.2 Å². The number of rotatable bonds is 3. The number of amides is 1. The second-order valence-electron chi connectivity index (χ2n) is 9.01. The molecule has 0 unspecified atom stereocenters. The Kier molecular flexibility index (Phi) is 4.57. The van der Waals surface area contributed by atoms with Crippen LogP contribution in [0.2, 0.25) is 0 Å². The lowest BCUT2D eigenvalue weighted by molar-refractivity contribution is -0.123. The first-order valence-corrected chi connectivity index (χ1v) is 11.4. The molecule has 1 saturated heterocycles. The van der Waals surface area contributed by atoms with Gasteiger partial charge in [-0.05, 0) is 50.1 Å². The Morgan fingerprint density at radius 1 is 1.19 bits per heavy atom. The van der Waals surface area contributed by atoms with Gasteiger partial charge in [-0.2, -0.15) is 9.61 Å². The van der Waals surface area contributed by atoms with E-state index >= 15 is 0 Å². The highest BCUT2D eigenvalue weighted by Crippen LogP contribution is 2.36. The molecule has 166 valence electrons. The third kappa shape index (κ3) is 2.97. The van der Waals surface area contributed by atoms with Crippen LogP contribution in [0.4, 0.5) is 11.5 Å². The topological polar surface area (TPSA) is 75.0 Å². The highest BCUT2D eigenvalue weighted by atomic mass is 16.5. The monoisotopic (exact) mass is 432 g/mol. The number of fused-ring (bicyclic) bond motifs is 3. The summed E-state index contributed by atoms with van der Waals surface area (Å²) < 4.78 is 7.33. The molecule has 3 aromatic rings. The molecule has 3 aliphatic heterocycles. The predicted molar refractivity (Wildman–Crippen MR) is 123 cm³/mol. The largest absolute Gasteiger partial charge is 0.497 e. The number of carbonyl (C=O) groups is 1. The Labute approximate surface area is 187 Å². The standard InChI is InChI=1S/C24H28N6O2/c1-15-12-26-30-22(15)27-20-6-9-25-8-5-19(20)23(30)28-13-17(14-28)24(31)29-10-7-16-11-18(32-2)3-4-21(16)29/h3-4,11-12,17,25H,5-10,13-14H2,1-2H3. The van der Waals surface area contributed by atoms with Crippen molar-refractivity contribution in [1.82, 2.24) is 19.9 Å². The van der Waals surface area contributed by atoms with E-state index in [9.17, 15) is 4.79 Å². The summed E-state index contributed by atoms with van der Waals surface area (Å²) in [6.07, 6.45) is 4.63. The van der Waals surface area contributed by atoms with E-state index in [4.69, 9.17) is 9.72 Å². The molecule has 1 N–H and O–H groups in total. The fraction of sp³-hybridized carbons (Fsp3) is 0.458. The first-order chi connectivity index (χ1) is 15.6. The lowest BCUT2D eigenvalue weighted by Crippen LogP contribution is -2.55. The molecule has 0 radical (unpaired) electrons. The SMILES string of the molecule is COc1ccc2c(c1)CCN2C(=O)C1CN(c2c3c(nc4c(C)cnn24)CCNCC3)C1. The van der Waals surface area contributed by atoms with Crippen LogP contribution in [-0.4, -0.2) is 60.3 Å². The number of aryl methyl sites for hydroxylation is 1. The van der Waals surface area contributed by atoms with Crippen molar-refractivity contribution in [2.75, 3.05) is 49.6 Å². The van der Waals surface area contributed by atoms with Crippen molar-refractivity contribution in [3.05, 3.63) is 46.8 Å². The minimum Gasteiger partial charge on any atom is -0.497 e. The van der Waals surface area contributed by atoms with Crippen LogP contribution >= 0.6 is 0 Å². The number of hydrogen-bond donors (Lipinski definition) is 1. The average Bonchev–Trinajstić information content (AvgIpc) is 3.27. The molecule has 6 rings (SSSR count). The Hall–Kier alpha value is -3.13. The zero-order valence-corrected chi connectivity index (χ0v) is 18.6. The fourth-order valence-corrected chi connectivity index (χ4v) is 5.26. The number of benzene rings is 1. The molecule has 0 saturated carbocycles. The molecule has 0 spiro atoms. The number of hydrogen-bond acceptors (Lipinski definition) is 6. The average molecular weight is 433 g/mol. The Balaban J connectivity index is 1.27. The van der Waals surface area contributed by atoms with Gasteiger partial charge in [0.25, 0.3) is 0 Å². The van der Waals surface area contributed by atoms with Gasteiger partial charge < -0.3 is 19.9 Å². The van der Waals surface area contributed by atoms with Crippen LogP contribution in [0.1, 0.15) is 22.4 Å². The fourth-order valence-electron chi connectivity index (χ4n) is 5.26. The number of anilines is 2. The Morgan fingerprint density at radius 3 is 2.88 bits per heavy atom. The van der Waals surface area contributed by atoms with Crippen LogP contribution in [0.15, 0.2) is 24.4 Å². The molecular weight excluding hydrogens is 404 g/mol. The molecule has 32 heavy (non-hydrogen) atoms. The summed E-state index contributed by atoms with van der Waals surface area (Å²) in [4.78, 5) is 22.6. The normalized spacial score (nSPS) is 18.3. The minimum atomic E-state index is 0.00230. The number of ether oxygens (including phenoxy) is 1. The summed E-state index contributed by atoms with van der Waals surface area (Å²) in [6.45, 7) is 6.14. The third-order valence-corrected chi connectivity index (χ3v) is 7.05. The Bertz CT molecular complexity index is 1210. The van der Waals surface area contributed by atoms with Crippen LogP contribution < -0.4 is 19.9 Å². The van der Waals surface area contributed by atoms with Crippen LogP contribution in [0.25, 0.3) is 5.65 Å². The van der Waals surface area contributed by atoms with Gasteiger partial charge in [0.15, 0.2) is 5.65 Å². The molecule has 2 aromatic heterocycles. The van der Waals surface area contributed by atoms with Crippen molar-refractivity contribution >= 4 is 23.1 Å². The number of nitrogens with one attached hydrogen (secondary N) is 1. The second kappa shape index (κ2) is 7.48. The quantitative estimate of drug-likeness (QED) is 0.680. The van der Waals surface area contributed by atoms with E-state index < -0.39 is 0 Å². The summed E-state index contributed by atoms with van der Waals surface area (Å²) in [7, 11) is 1.68. The van der Waals surface area contributed by atoms with Gasteiger partial charge >= 0.3 is 0 Å². The van der Waals surface area contributed by atoms with Gasteiger partial charge in [0.2, 0.25) is 5.91 Å². The van der Waals surface area contributed by atoms with Gasteiger partial charge in [-0.3, -0.25) is 4.79 Å². The Morgan fingerprint density at radius 2 is 2.03 bits per heavy atom. The van der Waals surface area contributed by atoms with Gasteiger partial charge in [-0.1, -0.05) is 0 Å². The number of nitrogens with zero attached hydrogens (tertiary/aromatic N) is 5. The molecule has 8 heteroatoms. The van der Waals surface area contributed by atoms with Gasteiger partial charge in [0.1, 0.15) is 11.6 Å². The lowest BCUT2D eigenvalue weighted by atomic mass is 9.96. The van der Waals surface area contributed by atoms with E-state index in [1.54, 1.807) is 7.11 Å². The van der Waals surface area contributed by atoms with E-state index in [-0.39, 0.29) is 11.8 Å². The van der Waals surface area contributed by atoms with Crippen LogP contribution in [0.5, 0.6) is 5.75 Å². The van der Waals surface area contributed by atoms with Crippen molar-refractivity contribution in [1.29, 1.82) is 0 Å². The minimum absolute atomic E-state index is 0.00230. The van der Waals surface area contributed by atoms with E-state index in [1.807, 2.05) is 33.8 Å². The van der Waals surface area contributed by atoms with Crippen molar-refractivity contribution < 1.29 is 9.53 Å². The molecule has 0 aliphatic carbocycles. The zero-order valence-electron chi connectivity index (χ0n) is 18.6. The van der Waals surface area contributed by atoms with Crippen molar-refractivity contribution in [3.63, 3.8) is 0 Å². The lowest BCUT2D eigenvalue weighted by Gasteiger charge is -2.42. The van der Waals surface area contributed by atoms with E-state index in [0.717, 1.165) is 80.5 Å². The zero-order chi connectivity index (χ0) is 21.8. The number of methoxy groups -OCH3 is 1. The van der Waals surface area contributed by atoms with Gasteiger partial charge in [-0.25, -0.2) is 4.98 Å². The van der Waals surface area contributed by atoms with Crippen molar-refractivity contribution in [2.45, 2.75) is 26.2 Å². The maximum absolute atomic E-state index is 13.4. The first kappa shape index (κ1) is 19.5. The molecule has 8 nitrogen and oxygen atoms in total. The summed E-state index contributed by atoms with van der Waals surface area (Å²) in [6, 6.07) is 6.00. The van der Waals surface area contributed by atoms with Crippen LogP contribution in [0.3, 0.4) is 0 Å². The molecule has 0 bridgehead atoms. The third-order valence-electron chi connectivity index (χ3n) is 7.05. The molecule has 0 atom stereocenters. The highest BCUT2D eigenvalue weighted by molar-refractivity contribution is 5.98. The van der Waals surface area contributed by atoms with Crippen molar-refractivity contribution in [2.24, 2.45) is 5.92 Å². The number of carbonyl (C=O) groups excluding carboxylic acids is 1. The maximum Gasteiger partial charge on any atom is 0.233 e.